The molecular weight excluding hydrogens is 781 g/mol. The highest BCUT2D eigenvalue weighted by atomic mass is 16.6. The van der Waals surface area contributed by atoms with Gasteiger partial charge in [0.05, 0.1) is 0 Å². The Morgan fingerprint density at radius 2 is 0.524 bits per heavy atom. The topological polar surface area (TPSA) is 78.9 Å². The maximum atomic E-state index is 12.8. The summed E-state index contributed by atoms with van der Waals surface area (Å²) in [7, 11) is 0. The van der Waals surface area contributed by atoms with E-state index in [-0.39, 0.29) is 31.1 Å². The number of hydrogen-bond donors (Lipinski definition) is 0. The number of carbonyl (C=O) groups excluding carboxylic acids is 3. The highest BCUT2D eigenvalue weighted by Crippen LogP contribution is 2.17. The van der Waals surface area contributed by atoms with E-state index in [0.29, 0.717) is 19.3 Å². The molecule has 0 unspecified atom stereocenters. The minimum Gasteiger partial charge on any atom is -0.462 e. The van der Waals surface area contributed by atoms with Gasteiger partial charge in [0.2, 0.25) is 0 Å². The summed E-state index contributed by atoms with van der Waals surface area (Å²) in [5, 5.41) is 0. The van der Waals surface area contributed by atoms with Crippen LogP contribution >= 0.6 is 0 Å². The van der Waals surface area contributed by atoms with Crippen LogP contribution in [0.2, 0.25) is 0 Å². The Bertz CT molecular complexity index is 978. The molecule has 372 valence electrons. The Morgan fingerprint density at radius 3 is 0.794 bits per heavy atom. The van der Waals surface area contributed by atoms with Crippen molar-refractivity contribution in [3.8, 4) is 0 Å². The van der Waals surface area contributed by atoms with Gasteiger partial charge in [-0.15, -0.1) is 0 Å². The second-order valence-electron chi connectivity index (χ2n) is 19.2. The summed E-state index contributed by atoms with van der Waals surface area (Å²) < 4.78 is 16.9. The zero-order valence-electron chi connectivity index (χ0n) is 42.6. The summed E-state index contributed by atoms with van der Waals surface area (Å²) in [6.07, 6.45) is 59.1. The number of rotatable bonds is 52. The number of hydrogen-bond acceptors (Lipinski definition) is 6. The summed E-state index contributed by atoms with van der Waals surface area (Å²) in [6, 6.07) is 0. The predicted octanol–water partition coefficient (Wildman–Crippen LogP) is 18.5. The van der Waals surface area contributed by atoms with Crippen molar-refractivity contribution < 1.29 is 28.6 Å². The van der Waals surface area contributed by atoms with E-state index in [1.807, 2.05) is 0 Å². The zero-order chi connectivity index (χ0) is 45.8. The van der Waals surface area contributed by atoms with Gasteiger partial charge in [-0.3, -0.25) is 14.4 Å². The van der Waals surface area contributed by atoms with Crippen LogP contribution in [0.25, 0.3) is 0 Å². The maximum Gasteiger partial charge on any atom is 0.306 e. The van der Waals surface area contributed by atoms with E-state index in [1.165, 1.54) is 212 Å². The average molecular weight is 889 g/mol. The van der Waals surface area contributed by atoms with Gasteiger partial charge in [0.1, 0.15) is 13.2 Å². The Morgan fingerprint density at radius 1 is 0.302 bits per heavy atom. The van der Waals surface area contributed by atoms with Crippen molar-refractivity contribution in [2.75, 3.05) is 13.2 Å². The molecule has 1 atom stereocenters. The molecular formula is C57H108O6. The Hall–Kier alpha value is -1.85. The summed E-state index contributed by atoms with van der Waals surface area (Å²) in [6.45, 7) is 6.68. The molecule has 0 aliphatic carbocycles. The normalized spacial score (nSPS) is 12.0. The quantitative estimate of drug-likeness (QED) is 0.0262. The third-order valence-corrected chi connectivity index (χ3v) is 12.8. The average Bonchev–Trinajstić information content (AvgIpc) is 3.28. The van der Waals surface area contributed by atoms with Crippen molar-refractivity contribution in [2.45, 2.75) is 322 Å². The lowest BCUT2D eigenvalue weighted by Crippen LogP contribution is -2.30. The number of ether oxygens (including phenoxy) is 3. The minimum atomic E-state index is -0.767. The summed E-state index contributed by atoms with van der Waals surface area (Å²) in [5.74, 6) is -0.852. The second kappa shape index (κ2) is 52.8. The summed E-state index contributed by atoms with van der Waals surface area (Å²) in [5.41, 5.74) is 0. The van der Waals surface area contributed by atoms with Gasteiger partial charge in [0.25, 0.3) is 0 Å². The summed E-state index contributed by atoms with van der Waals surface area (Å²) in [4.78, 5) is 38.1. The van der Waals surface area contributed by atoms with Gasteiger partial charge < -0.3 is 14.2 Å². The van der Waals surface area contributed by atoms with Crippen molar-refractivity contribution >= 4 is 17.9 Å². The van der Waals surface area contributed by atoms with Crippen molar-refractivity contribution in [3.63, 3.8) is 0 Å². The van der Waals surface area contributed by atoms with Crippen LogP contribution in [-0.4, -0.2) is 37.2 Å². The van der Waals surface area contributed by atoms with E-state index in [1.54, 1.807) is 0 Å². The van der Waals surface area contributed by atoms with E-state index in [4.69, 9.17) is 14.2 Å². The van der Waals surface area contributed by atoms with Crippen LogP contribution in [0.5, 0.6) is 0 Å². The molecule has 0 aromatic carbocycles. The maximum absolute atomic E-state index is 12.8. The standard InChI is InChI=1S/C57H108O6/c1-4-7-10-13-16-19-22-25-28-31-34-37-40-43-46-49-55(58)61-52-54(63-57(60)51-48-45-42-39-36-33-30-27-24-21-18-15-12-9-6-3)53-62-56(59)50-47-44-41-38-35-32-29-26-23-20-17-14-11-8-5-2/h25,28,54H,4-24,26-27,29-53H2,1-3H3/b28-25+/t54-/m0/s1. The first kappa shape index (κ1) is 61.1. The molecule has 6 heteroatoms. The van der Waals surface area contributed by atoms with Crippen LogP contribution in [0, 0.1) is 0 Å². The first-order valence-electron chi connectivity index (χ1n) is 28.2. The van der Waals surface area contributed by atoms with E-state index in [9.17, 15) is 14.4 Å². The third kappa shape index (κ3) is 51.0. The SMILES string of the molecule is CCCCCCCC/C=C/CCCCCCCC(=O)OC[C@@H](COC(=O)CCCCCCCCCCCCCCCCC)OC(=O)CCCCCCCCCCCCCCCCC. The van der Waals surface area contributed by atoms with Crippen LogP contribution in [0.4, 0.5) is 0 Å². The van der Waals surface area contributed by atoms with Gasteiger partial charge in [0, 0.05) is 19.3 Å². The monoisotopic (exact) mass is 889 g/mol. The number of allylic oxidation sites excluding steroid dienone is 2. The highest BCUT2D eigenvalue weighted by Gasteiger charge is 2.19. The fraction of sp³-hybridized carbons (Fsp3) is 0.912. The lowest BCUT2D eigenvalue weighted by Gasteiger charge is -2.18. The smallest absolute Gasteiger partial charge is 0.306 e. The first-order chi connectivity index (χ1) is 31.0. The van der Waals surface area contributed by atoms with Gasteiger partial charge in [-0.1, -0.05) is 264 Å². The molecule has 6 nitrogen and oxygen atoms in total. The van der Waals surface area contributed by atoms with E-state index < -0.39 is 6.10 Å². The molecule has 0 aromatic heterocycles. The van der Waals surface area contributed by atoms with Crippen molar-refractivity contribution in [2.24, 2.45) is 0 Å². The van der Waals surface area contributed by atoms with Crippen LogP contribution in [0.1, 0.15) is 316 Å². The Kier molecular flexibility index (Phi) is 51.2. The zero-order valence-corrected chi connectivity index (χ0v) is 42.6. The van der Waals surface area contributed by atoms with Crippen LogP contribution in [-0.2, 0) is 28.6 Å². The van der Waals surface area contributed by atoms with Gasteiger partial charge in [-0.2, -0.15) is 0 Å². The third-order valence-electron chi connectivity index (χ3n) is 12.8. The number of unbranched alkanes of at least 4 members (excludes halogenated alkanes) is 39. The molecule has 0 aliphatic heterocycles. The van der Waals surface area contributed by atoms with Crippen LogP contribution in [0.3, 0.4) is 0 Å². The van der Waals surface area contributed by atoms with Crippen molar-refractivity contribution in [1.82, 2.24) is 0 Å². The molecule has 0 saturated heterocycles. The molecule has 0 spiro atoms. The highest BCUT2D eigenvalue weighted by molar-refractivity contribution is 5.71. The molecule has 0 bridgehead atoms. The Balaban J connectivity index is 4.33. The van der Waals surface area contributed by atoms with Crippen molar-refractivity contribution in [3.05, 3.63) is 12.2 Å². The molecule has 0 aliphatic rings. The molecule has 0 rings (SSSR count). The molecule has 0 N–H and O–H groups in total. The lowest BCUT2D eigenvalue weighted by molar-refractivity contribution is -0.167. The first-order valence-corrected chi connectivity index (χ1v) is 28.2. The molecule has 0 aromatic rings. The Labute approximate surface area is 392 Å². The molecule has 0 radical (unpaired) electrons. The van der Waals surface area contributed by atoms with Crippen molar-refractivity contribution in [1.29, 1.82) is 0 Å². The predicted molar refractivity (Wildman–Crippen MR) is 270 cm³/mol. The molecule has 0 heterocycles. The largest absolute Gasteiger partial charge is 0.462 e. The number of esters is 3. The molecule has 0 saturated carbocycles. The van der Waals surface area contributed by atoms with E-state index in [0.717, 1.165) is 64.2 Å². The second-order valence-corrected chi connectivity index (χ2v) is 19.2. The minimum absolute atomic E-state index is 0.0666. The molecule has 63 heavy (non-hydrogen) atoms. The molecule has 0 amide bonds. The molecule has 0 fully saturated rings. The van der Waals surface area contributed by atoms with Crippen LogP contribution < -0.4 is 0 Å². The van der Waals surface area contributed by atoms with Gasteiger partial charge in [0.15, 0.2) is 6.10 Å². The van der Waals surface area contributed by atoms with Gasteiger partial charge in [-0.25, -0.2) is 0 Å². The lowest BCUT2D eigenvalue weighted by atomic mass is 10.0. The van der Waals surface area contributed by atoms with E-state index in [2.05, 4.69) is 32.9 Å². The number of carbonyl (C=O) groups is 3. The summed E-state index contributed by atoms with van der Waals surface area (Å²) >= 11 is 0. The fourth-order valence-electron chi connectivity index (χ4n) is 8.50. The van der Waals surface area contributed by atoms with Crippen LogP contribution in [0.15, 0.2) is 12.2 Å². The van der Waals surface area contributed by atoms with Gasteiger partial charge >= 0.3 is 17.9 Å². The van der Waals surface area contributed by atoms with Gasteiger partial charge in [-0.05, 0) is 44.9 Å². The van der Waals surface area contributed by atoms with E-state index >= 15 is 0 Å². The fourth-order valence-corrected chi connectivity index (χ4v) is 8.50.